The molecule has 10 heteroatoms. The summed E-state index contributed by atoms with van der Waals surface area (Å²) < 4.78 is 10.5. The molecule has 0 aliphatic carbocycles. The van der Waals surface area contributed by atoms with Gasteiger partial charge in [-0.05, 0) is 36.8 Å². The molecule has 0 spiro atoms. The van der Waals surface area contributed by atoms with Crippen LogP contribution in [0.1, 0.15) is 5.56 Å². The van der Waals surface area contributed by atoms with Crippen molar-refractivity contribution >= 4 is 40.1 Å². The molecule has 9 nitrogen and oxygen atoms in total. The van der Waals surface area contributed by atoms with Gasteiger partial charge in [-0.1, -0.05) is 23.9 Å². The van der Waals surface area contributed by atoms with Crippen LogP contribution in [0.3, 0.4) is 0 Å². The highest BCUT2D eigenvalue weighted by molar-refractivity contribution is 8.14. The zero-order valence-electron chi connectivity index (χ0n) is 18.0. The lowest BCUT2D eigenvalue weighted by Crippen LogP contribution is -2.49. The molecule has 2 amide bonds. The van der Waals surface area contributed by atoms with E-state index >= 15 is 0 Å². The average Bonchev–Trinajstić information content (AvgIpc) is 3.27. The van der Waals surface area contributed by atoms with E-state index in [0.29, 0.717) is 28.9 Å². The number of benzene rings is 2. The van der Waals surface area contributed by atoms with E-state index < -0.39 is 0 Å². The molecule has 2 atom stereocenters. The van der Waals surface area contributed by atoms with Gasteiger partial charge in [-0.25, -0.2) is 10.4 Å². The molecule has 2 aromatic carbocycles. The van der Waals surface area contributed by atoms with E-state index in [9.17, 15) is 9.59 Å². The second kappa shape index (κ2) is 9.60. The highest BCUT2D eigenvalue weighted by Crippen LogP contribution is 2.31. The lowest BCUT2D eigenvalue weighted by atomic mass is 10.0. The SMILES string of the molecule is COc1ccc(NC(=O)CSC2=NC3NNCC3C(=O)N2c2cccc(C)c2)c(OC)c1. The van der Waals surface area contributed by atoms with Crippen molar-refractivity contribution in [1.29, 1.82) is 0 Å². The van der Waals surface area contributed by atoms with Crippen molar-refractivity contribution < 1.29 is 19.1 Å². The number of aliphatic imine (C=N–C) groups is 1. The van der Waals surface area contributed by atoms with E-state index in [1.54, 1.807) is 30.2 Å². The van der Waals surface area contributed by atoms with Crippen LogP contribution < -0.4 is 30.5 Å². The first-order valence-corrected chi connectivity index (χ1v) is 11.1. The predicted molar refractivity (Wildman–Crippen MR) is 125 cm³/mol. The summed E-state index contributed by atoms with van der Waals surface area (Å²) in [6, 6.07) is 12.9. The lowest BCUT2D eigenvalue weighted by molar-refractivity contribution is -0.121. The molecule has 0 saturated carbocycles. The fourth-order valence-electron chi connectivity index (χ4n) is 3.59. The number of hydrogen-bond donors (Lipinski definition) is 3. The number of carbonyl (C=O) groups excluding carboxylic acids is 2. The maximum Gasteiger partial charge on any atom is 0.241 e. The second-order valence-corrected chi connectivity index (χ2v) is 8.35. The smallest absolute Gasteiger partial charge is 0.241 e. The van der Waals surface area contributed by atoms with Crippen molar-refractivity contribution in [2.24, 2.45) is 10.9 Å². The van der Waals surface area contributed by atoms with Crippen molar-refractivity contribution in [1.82, 2.24) is 10.9 Å². The van der Waals surface area contributed by atoms with Crippen LogP contribution in [0.2, 0.25) is 0 Å². The Labute approximate surface area is 190 Å². The molecule has 2 heterocycles. The lowest BCUT2D eigenvalue weighted by Gasteiger charge is -2.32. The number of ether oxygens (including phenoxy) is 2. The maximum absolute atomic E-state index is 13.2. The number of fused-ring (bicyclic) bond motifs is 1. The van der Waals surface area contributed by atoms with Gasteiger partial charge in [0.2, 0.25) is 11.8 Å². The number of thioether (sulfide) groups is 1. The largest absolute Gasteiger partial charge is 0.497 e. The molecule has 32 heavy (non-hydrogen) atoms. The summed E-state index contributed by atoms with van der Waals surface area (Å²) in [5.41, 5.74) is 8.34. The van der Waals surface area contributed by atoms with Gasteiger partial charge < -0.3 is 14.8 Å². The molecule has 1 saturated heterocycles. The number of rotatable bonds is 6. The van der Waals surface area contributed by atoms with Crippen LogP contribution in [-0.4, -0.2) is 49.7 Å². The maximum atomic E-state index is 13.2. The normalized spacial score (nSPS) is 19.9. The standard InChI is InChI=1S/C22H25N5O4S/c1-13-5-4-6-14(9-13)27-21(29)16-11-23-26-20(16)25-22(27)32-12-19(28)24-17-8-7-15(30-2)10-18(17)31-3/h4-10,16,20,23,26H,11-12H2,1-3H3,(H,24,28). The van der Waals surface area contributed by atoms with Gasteiger partial charge in [0.25, 0.3) is 0 Å². The first kappa shape index (κ1) is 22.1. The Morgan fingerprint density at radius 1 is 1.25 bits per heavy atom. The monoisotopic (exact) mass is 455 g/mol. The minimum atomic E-state index is -0.351. The van der Waals surface area contributed by atoms with Crippen LogP contribution in [0.15, 0.2) is 47.5 Å². The summed E-state index contributed by atoms with van der Waals surface area (Å²) >= 11 is 1.22. The number of anilines is 2. The molecule has 0 bridgehead atoms. The van der Waals surface area contributed by atoms with Gasteiger partial charge in [0.05, 0.1) is 37.3 Å². The Morgan fingerprint density at radius 3 is 2.84 bits per heavy atom. The van der Waals surface area contributed by atoms with E-state index in [0.717, 1.165) is 11.3 Å². The predicted octanol–water partition coefficient (Wildman–Crippen LogP) is 2.14. The Morgan fingerprint density at radius 2 is 2.09 bits per heavy atom. The molecule has 2 aromatic rings. The number of hydrazine groups is 1. The Hall–Kier alpha value is -3.08. The van der Waals surface area contributed by atoms with Crippen molar-refractivity contribution in [3.05, 3.63) is 48.0 Å². The Kier molecular flexibility index (Phi) is 6.63. The van der Waals surface area contributed by atoms with Gasteiger partial charge in [-0.3, -0.25) is 19.9 Å². The third kappa shape index (κ3) is 4.57. The van der Waals surface area contributed by atoms with Crippen LogP contribution in [0.25, 0.3) is 0 Å². The highest BCUT2D eigenvalue weighted by atomic mass is 32.2. The number of amidine groups is 1. The number of aryl methyl sites for hydroxylation is 1. The summed E-state index contributed by atoms with van der Waals surface area (Å²) in [4.78, 5) is 32.2. The Bertz CT molecular complexity index is 1060. The summed E-state index contributed by atoms with van der Waals surface area (Å²) in [7, 11) is 3.09. The minimum Gasteiger partial charge on any atom is -0.497 e. The fourth-order valence-corrected chi connectivity index (χ4v) is 4.44. The summed E-state index contributed by atoms with van der Waals surface area (Å²) in [6.07, 6.45) is -0.351. The van der Waals surface area contributed by atoms with E-state index in [4.69, 9.17) is 14.5 Å². The van der Waals surface area contributed by atoms with E-state index in [1.807, 2.05) is 31.2 Å². The second-order valence-electron chi connectivity index (χ2n) is 7.40. The van der Waals surface area contributed by atoms with E-state index in [-0.39, 0.29) is 29.7 Å². The van der Waals surface area contributed by atoms with Gasteiger partial charge in [-0.2, -0.15) is 0 Å². The fraction of sp³-hybridized carbons (Fsp3) is 0.318. The Balaban J connectivity index is 1.51. The van der Waals surface area contributed by atoms with Gasteiger partial charge in [-0.15, -0.1) is 0 Å². The van der Waals surface area contributed by atoms with E-state index in [2.05, 4.69) is 16.2 Å². The molecule has 3 N–H and O–H groups in total. The molecule has 4 rings (SSSR count). The highest BCUT2D eigenvalue weighted by Gasteiger charge is 2.42. The average molecular weight is 456 g/mol. The zero-order valence-corrected chi connectivity index (χ0v) is 18.9. The molecule has 0 radical (unpaired) electrons. The summed E-state index contributed by atoms with van der Waals surface area (Å²) in [5.74, 6) is 0.625. The summed E-state index contributed by atoms with van der Waals surface area (Å²) in [6.45, 7) is 2.48. The number of carbonyl (C=O) groups is 2. The van der Waals surface area contributed by atoms with Crippen molar-refractivity contribution in [3.8, 4) is 11.5 Å². The van der Waals surface area contributed by atoms with Crippen molar-refractivity contribution in [2.75, 3.05) is 36.7 Å². The number of hydrogen-bond acceptors (Lipinski definition) is 8. The molecule has 2 aliphatic heterocycles. The molecular formula is C22H25N5O4S. The number of nitrogens with one attached hydrogen (secondary N) is 3. The first-order chi connectivity index (χ1) is 15.5. The summed E-state index contributed by atoms with van der Waals surface area (Å²) in [5, 5.41) is 3.33. The van der Waals surface area contributed by atoms with Crippen LogP contribution in [0, 0.1) is 12.8 Å². The van der Waals surface area contributed by atoms with Crippen LogP contribution in [0.5, 0.6) is 11.5 Å². The van der Waals surface area contributed by atoms with E-state index in [1.165, 1.54) is 18.9 Å². The van der Waals surface area contributed by atoms with Gasteiger partial charge in [0, 0.05) is 12.6 Å². The third-order valence-corrected chi connectivity index (χ3v) is 6.16. The molecule has 2 unspecified atom stereocenters. The third-order valence-electron chi connectivity index (χ3n) is 5.21. The quantitative estimate of drug-likeness (QED) is 0.613. The molecule has 168 valence electrons. The zero-order chi connectivity index (χ0) is 22.7. The molecule has 0 aromatic heterocycles. The number of methoxy groups -OCH3 is 2. The van der Waals surface area contributed by atoms with Gasteiger partial charge >= 0.3 is 0 Å². The molecule has 2 aliphatic rings. The van der Waals surface area contributed by atoms with Gasteiger partial charge in [0.1, 0.15) is 17.7 Å². The van der Waals surface area contributed by atoms with Gasteiger partial charge in [0.15, 0.2) is 5.17 Å². The molecular weight excluding hydrogens is 430 g/mol. The molecule has 1 fully saturated rings. The number of amides is 2. The number of nitrogens with zero attached hydrogens (tertiary/aromatic N) is 2. The van der Waals surface area contributed by atoms with Crippen LogP contribution in [0.4, 0.5) is 11.4 Å². The van der Waals surface area contributed by atoms with Crippen LogP contribution >= 0.6 is 11.8 Å². The van der Waals surface area contributed by atoms with Crippen molar-refractivity contribution in [2.45, 2.75) is 13.1 Å². The minimum absolute atomic E-state index is 0.0483. The topological polar surface area (TPSA) is 104 Å². The van der Waals surface area contributed by atoms with Crippen LogP contribution in [-0.2, 0) is 9.59 Å². The van der Waals surface area contributed by atoms with Crippen molar-refractivity contribution in [3.63, 3.8) is 0 Å². The first-order valence-electron chi connectivity index (χ1n) is 10.1.